The van der Waals surface area contributed by atoms with Gasteiger partial charge >= 0.3 is 0 Å². The molecule has 5 heteroatoms. The van der Waals surface area contributed by atoms with Gasteiger partial charge in [-0.15, -0.1) is 0 Å². The number of nitrogens with zero attached hydrogens (tertiary/aromatic N) is 2. The molecule has 3 rings (SSSR count). The Labute approximate surface area is 148 Å². The lowest BCUT2D eigenvalue weighted by Gasteiger charge is -2.36. The number of halogens is 1. The Bertz CT molecular complexity index is 538. The Morgan fingerprint density at radius 2 is 1.70 bits per heavy atom. The third-order valence-corrected chi connectivity index (χ3v) is 7.01. The fraction of sp³-hybridized carbons (Fsp3) is 0.611. The predicted molar refractivity (Wildman–Crippen MR) is 100 cm³/mol. The normalized spacial score (nSPS) is 21.6. The van der Waals surface area contributed by atoms with Crippen LogP contribution in [0.3, 0.4) is 0 Å². The smallest absolute Gasteiger partial charge is 0.151 e. The Morgan fingerprint density at radius 1 is 1.09 bits per heavy atom. The molecule has 1 aromatic rings. The van der Waals surface area contributed by atoms with Crippen LogP contribution in [0.15, 0.2) is 18.2 Å². The van der Waals surface area contributed by atoms with Gasteiger partial charge in [0.15, 0.2) is 6.29 Å². The molecular weight excluding hydrogens is 328 g/mol. The molecule has 0 N–H and O–H groups in total. The second-order valence-corrected chi connectivity index (χ2v) is 8.66. The van der Waals surface area contributed by atoms with E-state index >= 15 is 0 Å². The zero-order chi connectivity index (χ0) is 16.2. The summed E-state index contributed by atoms with van der Waals surface area (Å²) in [5.74, 6) is 0. The summed E-state index contributed by atoms with van der Waals surface area (Å²) >= 11 is 8.38. The van der Waals surface area contributed by atoms with Crippen LogP contribution in [-0.4, -0.2) is 54.9 Å². The molecule has 2 fully saturated rings. The van der Waals surface area contributed by atoms with Crippen molar-refractivity contribution in [2.45, 2.75) is 36.2 Å². The van der Waals surface area contributed by atoms with Crippen molar-refractivity contribution in [3.8, 4) is 0 Å². The lowest BCUT2D eigenvalue weighted by atomic mass is 10.1. The topological polar surface area (TPSA) is 23.6 Å². The molecule has 1 aromatic carbocycles. The highest BCUT2D eigenvalue weighted by Gasteiger charge is 2.25. The summed E-state index contributed by atoms with van der Waals surface area (Å²) in [4.78, 5) is 15.7. The summed E-state index contributed by atoms with van der Waals surface area (Å²) in [7, 11) is 2.22. The largest absolute Gasteiger partial charge is 0.371 e. The highest BCUT2D eigenvalue weighted by atomic mass is 35.5. The van der Waals surface area contributed by atoms with Gasteiger partial charge in [0.2, 0.25) is 0 Å². The number of benzene rings is 1. The van der Waals surface area contributed by atoms with E-state index in [2.05, 4.69) is 28.6 Å². The summed E-state index contributed by atoms with van der Waals surface area (Å²) in [6, 6.07) is 5.76. The van der Waals surface area contributed by atoms with E-state index in [1.807, 2.05) is 18.2 Å². The van der Waals surface area contributed by atoms with Crippen LogP contribution >= 0.6 is 23.4 Å². The summed E-state index contributed by atoms with van der Waals surface area (Å²) in [6.45, 7) is 4.66. The van der Waals surface area contributed by atoms with Crippen LogP contribution in [0.25, 0.3) is 0 Å². The van der Waals surface area contributed by atoms with E-state index in [1.54, 1.807) is 0 Å². The third kappa shape index (κ3) is 4.43. The minimum absolute atomic E-state index is 0.556. The summed E-state index contributed by atoms with van der Waals surface area (Å²) in [6.07, 6.45) is 5.97. The Morgan fingerprint density at radius 3 is 2.26 bits per heavy atom. The molecule has 126 valence electrons. The van der Waals surface area contributed by atoms with Gasteiger partial charge in [-0.05, 0) is 64.0 Å². The molecule has 2 aliphatic rings. The number of hydrogen-bond acceptors (Lipinski definition) is 4. The van der Waals surface area contributed by atoms with Gasteiger partial charge in [-0.3, -0.25) is 4.79 Å². The standard InChI is InChI=1S/C18H25ClN2OS/c1-20-8-4-16(5-9-20)23-17-6-10-21(11-7-17)15-3-2-14(13-22)18(19)12-15/h2-3,12-13,16-17H,4-11H2,1H3. The molecule has 2 heterocycles. The minimum Gasteiger partial charge on any atom is -0.371 e. The van der Waals surface area contributed by atoms with E-state index in [0.717, 1.165) is 35.6 Å². The van der Waals surface area contributed by atoms with Crippen molar-refractivity contribution in [1.29, 1.82) is 0 Å². The first-order chi connectivity index (χ1) is 11.2. The molecule has 0 spiro atoms. The lowest BCUT2D eigenvalue weighted by molar-refractivity contribution is 0.112. The molecule has 23 heavy (non-hydrogen) atoms. The van der Waals surface area contributed by atoms with Gasteiger partial charge in [-0.1, -0.05) is 11.6 Å². The van der Waals surface area contributed by atoms with Crippen molar-refractivity contribution < 1.29 is 4.79 Å². The molecule has 0 saturated carbocycles. The molecule has 0 atom stereocenters. The van der Waals surface area contributed by atoms with Gasteiger partial charge < -0.3 is 9.80 Å². The molecule has 0 aliphatic carbocycles. The second-order valence-electron chi connectivity index (χ2n) is 6.65. The number of thioether (sulfide) groups is 1. The number of likely N-dealkylation sites (tertiary alicyclic amines) is 1. The average Bonchev–Trinajstić information content (AvgIpc) is 2.57. The SMILES string of the molecule is CN1CCC(SC2CCN(c3ccc(C=O)c(Cl)c3)CC2)CC1. The maximum atomic E-state index is 10.9. The van der Waals surface area contributed by atoms with Crippen LogP contribution in [0.5, 0.6) is 0 Å². The zero-order valence-electron chi connectivity index (χ0n) is 13.7. The van der Waals surface area contributed by atoms with Crippen LogP contribution in [0.2, 0.25) is 5.02 Å². The van der Waals surface area contributed by atoms with E-state index in [-0.39, 0.29) is 0 Å². The maximum Gasteiger partial charge on any atom is 0.151 e. The lowest BCUT2D eigenvalue weighted by Crippen LogP contribution is -2.37. The highest BCUT2D eigenvalue weighted by Crippen LogP contribution is 2.34. The monoisotopic (exact) mass is 352 g/mol. The van der Waals surface area contributed by atoms with Crippen molar-refractivity contribution in [3.05, 3.63) is 28.8 Å². The number of aldehydes is 1. The molecule has 0 unspecified atom stereocenters. The van der Waals surface area contributed by atoms with E-state index in [9.17, 15) is 4.79 Å². The second kappa shape index (κ2) is 7.91. The molecule has 2 saturated heterocycles. The van der Waals surface area contributed by atoms with E-state index in [1.165, 1.54) is 38.8 Å². The van der Waals surface area contributed by atoms with Crippen molar-refractivity contribution in [3.63, 3.8) is 0 Å². The van der Waals surface area contributed by atoms with Crippen LogP contribution in [0, 0.1) is 0 Å². The van der Waals surface area contributed by atoms with Crippen molar-refractivity contribution in [2.24, 2.45) is 0 Å². The molecule has 0 aromatic heterocycles. The van der Waals surface area contributed by atoms with Gasteiger partial charge in [0, 0.05) is 34.8 Å². The molecule has 0 amide bonds. The van der Waals surface area contributed by atoms with Gasteiger partial charge in [-0.2, -0.15) is 11.8 Å². The third-order valence-electron chi connectivity index (χ3n) is 4.97. The van der Waals surface area contributed by atoms with Gasteiger partial charge in [-0.25, -0.2) is 0 Å². The van der Waals surface area contributed by atoms with Gasteiger partial charge in [0.1, 0.15) is 0 Å². The zero-order valence-corrected chi connectivity index (χ0v) is 15.3. The maximum absolute atomic E-state index is 10.9. The van der Waals surface area contributed by atoms with Crippen LogP contribution in [0.1, 0.15) is 36.0 Å². The van der Waals surface area contributed by atoms with E-state index in [0.29, 0.717) is 10.6 Å². The first-order valence-electron chi connectivity index (χ1n) is 8.49. The summed E-state index contributed by atoms with van der Waals surface area (Å²) < 4.78 is 0. The number of anilines is 1. The Balaban J connectivity index is 1.50. The van der Waals surface area contributed by atoms with Crippen molar-refractivity contribution in [2.75, 3.05) is 38.1 Å². The number of hydrogen-bond donors (Lipinski definition) is 0. The number of piperidine rings is 2. The Kier molecular flexibility index (Phi) is 5.89. The first kappa shape index (κ1) is 17.1. The van der Waals surface area contributed by atoms with Crippen molar-refractivity contribution in [1.82, 2.24) is 4.90 Å². The van der Waals surface area contributed by atoms with Gasteiger partial charge in [0.05, 0.1) is 5.02 Å². The highest BCUT2D eigenvalue weighted by molar-refractivity contribution is 8.00. The summed E-state index contributed by atoms with van der Waals surface area (Å²) in [5.41, 5.74) is 1.71. The number of carbonyl (C=O) groups is 1. The van der Waals surface area contributed by atoms with E-state index in [4.69, 9.17) is 11.6 Å². The average molecular weight is 353 g/mol. The molecular formula is C18H25ClN2OS. The fourth-order valence-electron chi connectivity index (χ4n) is 3.45. The van der Waals surface area contributed by atoms with Gasteiger partial charge in [0.25, 0.3) is 0 Å². The van der Waals surface area contributed by atoms with Crippen LogP contribution < -0.4 is 4.90 Å². The van der Waals surface area contributed by atoms with Crippen LogP contribution in [0.4, 0.5) is 5.69 Å². The fourth-order valence-corrected chi connectivity index (χ4v) is 5.18. The van der Waals surface area contributed by atoms with Crippen LogP contribution in [-0.2, 0) is 0 Å². The summed E-state index contributed by atoms with van der Waals surface area (Å²) in [5, 5.41) is 2.20. The molecule has 0 bridgehead atoms. The number of carbonyl (C=O) groups excluding carboxylic acids is 1. The molecule has 3 nitrogen and oxygen atoms in total. The molecule has 0 radical (unpaired) electrons. The minimum atomic E-state index is 0.556. The Hall–Kier alpha value is -0.710. The van der Waals surface area contributed by atoms with Crippen molar-refractivity contribution >= 4 is 35.3 Å². The predicted octanol–water partition coefficient (Wildman–Crippen LogP) is 3.95. The quantitative estimate of drug-likeness (QED) is 0.765. The first-order valence-corrected chi connectivity index (χ1v) is 9.81. The molecule has 2 aliphatic heterocycles. The number of rotatable bonds is 4. The van der Waals surface area contributed by atoms with E-state index < -0.39 is 0 Å².